The largest absolute Gasteiger partial charge is 0.448 e. The third kappa shape index (κ3) is 4.36. The minimum atomic E-state index is -4.28. The second-order valence-corrected chi connectivity index (χ2v) is 9.09. The molecule has 7 nitrogen and oxygen atoms in total. The molecular weight excluding hydrogens is 378 g/mol. The first-order valence-corrected chi connectivity index (χ1v) is 10.7. The lowest BCUT2D eigenvalue weighted by atomic mass is 9.98. The van der Waals surface area contributed by atoms with Crippen molar-refractivity contribution in [1.29, 1.82) is 0 Å². The van der Waals surface area contributed by atoms with E-state index in [9.17, 15) is 18.3 Å². The van der Waals surface area contributed by atoms with Gasteiger partial charge in [0.15, 0.2) is 0 Å². The summed E-state index contributed by atoms with van der Waals surface area (Å²) in [6, 6.07) is 15.8. The minimum Gasteiger partial charge on any atom is -0.448 e. The molecule has 0 saturated carbocycles. The number of carbonyl (C=O) groups is 1. The quantitative estimate of drug-likeness (QED) is 0.391. The van der Waals surface area contributed by atoms with Crippen molar-refractivity contribution >= 4 is 26.0 Å². The Morgan fingerprint density at radius 1 is 1.12 bits per heavy atom. The molecule has 0 fully saturated rings. The van der Waals surface area contributed by atoms with Crippen LogP contribution in [-0.4, -0.2) is 42.8 Å². The van der Waals surface area contributed by atoms with E-state index in [0.29, 0.717) is 0 Å². The summed E-state index contributed by atoms with van der Waals surface area (Å²) in [7, 11) is -4.17. The van der Waals surface area contributed by atoms with E-state index in [1.807, 2.05) is 48.5 Å². The molecule has 3 N–H and O–H groups in total. The molecule has 0 unspecified atom stereocenters. The predicted molar refractivity (Wildman–Crippen MR) is 98.2 cm³/mol. The Morgan fingerprint density at radius 2 is 1.65 bits per heavy atom. The van der Waals surface area contributed by atoms with Crippen molar-refractivity contribution in [3.8, 4) is 11.1 Å². The molecule has 0 saturated heterocycles. The second kappa shape index (κ2) is 7.67. The number of nitrogens with one attached hydrogen (secondary N) is 1. The van der Waals surface area contributed by atoms with Gasteiger partial charge in [0.1, 0.15) is 12.8 Å². The van der Waals surface area contributed by atoms with Crippen LogP contribution in [0.3, 0.4) is 0 Å². The molecule has 9 heteroatoms. The topological polar surface area (TPSA) is 113 Å². The van der Waals surface area contributed by atoms with Gasteiger partial charge < -0.3 is 9.84 Å². The average molecular weight is 395 g/mol. The number of amides is 1. The van der Waals surface area contributed by atoms with E-state index in [4.69, 9.17) is 9.29 Å². The SMILES string of the molecule is O=C(N[C@@H](O)CSS(=O)(=O)O)OCC1c2ccccc2-c2ccccc21. The van der Waals surface area contributed by atoms with E-state index in [1.54, 1.807) is 0 Å². The van der Waals surface area contributed by atoms with Gasteiger partial charge in [-0.2, -0.15) is 8.42 Å². The molecule has 1 aliphatic carbocycles. The standard InChI is InChI=1S/C17H17NO6S2/c19-16(10-25-26(21,22)23)18-17(20)24-9-15-13-7-3-1-5-11(13)12-6-2-4-8-14(12)15/h1-8,15-16,19H,9-10H2,(H,18,20)(H,21,22,23)/t16-/m0/s1. The summed E-state index contributed by atoms with van der Waals surface area (Å²) in [5, 5.41) is 11.7. The number of alkyl carbamates (subject to hydrolysis) is 1. The summed E-state index contributed by atoms with van der Waals surface area (Å²) in [4.78, 5) is 11.8. The Hall–Kier alpha value is -2.07. The minimum absolute atomic E-state index is 0.0814. The number of hydrogen-bond donors (Lipinski definition) is 3. The maximum Gasteiger partial charge on any atom is 0.409 e. The Bertz CT molecular complexity index is 869. The number of rotatable bonds is 6. The lowest BCUT2D eigenvalue weighted by molar-refractivity contribution is 0.107. The zero-order valence-electron chi connectivity index (χ0n) is 13.5. The molecule has 0 radical (unpaired) electrons. The summed E-state index contributed by atoms with van der Waals surface area (Å²) in [5.41, 5.74) is 4.32. The van der Waals surface area contributed by atoms with E-state index in [2.05, 4.69) is 5.32 Å². The van der Waals surface area contributed by atoms with Gasteiger partial charge in [-0.25, -0.2) is 4.79 Å². The molecule has 26 heavy (non-hydrogen) atoms. The normalized spacial score (nSPS) is 14.4. The highest BCUT2D eigenvalue weighted by Gasteiger charge is 2.29. The molecule has 1 aliphatic rings. The van der Waals surface area contributed by atoms with Crippen LogP contribution >= 0.6 is 10.8 Å². The van der Waals surface area contributed by atoms with Gasteiger partial charge in [-0.15, -0.1) is 0 Å². The summed E-state index contributed by atoms with van der Waals surface area (Å²) >= 11 is 0. The van der Waals surface area contributed by atoms with Gasteiger partial charge in [-0.05, 0) is 22.3 Å². The van der Waals surface area contributed by atoms with Crippen LogP contribution in [0.2, 0.25) is 0 Å². The predicted octanol–water partition coefficient (Wildman–Crippen LogP) is 2.38. The van der Waals surface area contributed by atoms with Crippen LogP contribution in [0.15, 0.2) is 48.5 Å². The lowest BCUT2D eigenvalue weighted by Crippen LogP contribution is -2.37. The fraction of sp³-hybridized carbons (Fsp3) is 0.235. The molecule has 0 bridgehead atoms. The summed E-state index contributed by atoms with van der Waals surface area (Å²) < 4.78 is 35.1. The van der Waals surface area contributed by atoms with Gasteiger partial charge >= 0.3 is 15.2 Å². The number of ether oxygens (including phenoxy) is 1. The zero-order chi connectivity index (χ0) is 18.7. The van der Waals surface area contributed by atoms with Crippen LogP contribution in [0.1, 0.15) is 17.0 Å². The molecule has 1 atom stereocenters. The average Bonchev–Trinajstić information content (AvgIpc) is 2.92. The Morgan fingerprint density at radius 3 is 2.19 bits per heavy atom. The Balaban J connectivity index is 1.62. The van der Waals surface area contributed by atoms with E-state index >= 15 is 0 Å². The molecule has 0 aliphatic heterocycles. The van der Waals surface area contributed by atoms with Crippen molar-refractivity contribution in [1.82, 2.24) is 5.32 Å². The van der Waals surface area contributed by atoms with Gasteiger partial charge in [0.05, 0.1) is 5.75 Å². The number of aliphatic hydroxyl groups is 1. The number of fused-ring (bicyclic) bond motifs is 3. The molecule has 1 amide bonds. The molecule has 3 rings (SSSR count). The molecule has 0 aromatic heterocycles. The highest BCUT2D eigenvalue weighted by Crippen LogP contribution is 2.44. The third-order valence-electron chi connectivity index (χ3n) is 4.00. The van der Waals surface area contributed by atoms with Crippen molar-refractivity contribution in [2.24, 2.45) is 0 Å². The van der Waals surface area contributed by atoms with Gasteiger partial charge in [0, 0.05) is 16.7 Å². The fourth-order valence-corrected chi connectivity index (χ4v) is 4.26. The van der Waals surface area contributed by atoms with Crippen molar-refractivity contribution in [3.63, 3.8) is 0 Å². The van der Waals surface area contributed by atoms with Crippen molar-refractivity contribution in [3.05, 3.63) is 59.7 Å². The molecule has 0 heterocycles. The second-order valence-electron chi connectivity index (χ2n) is 5.70. The van der Waals surface area contributed by atoms with Crippen LogP contribution in [0.25, 0.3) is 11.1 Å². The maximum absolute atomic E-state index is 11.8. The van der Waals surface area contributed by atoms with Gasteiger partial charge in [0.2, 0.25) is 0 Å². The van der Waals surface area contributed by atoms with Crippen LogP contribution in [0.5, 0.6) is 0 Å². The van der Waals surface area contributed by atoms with Crippen LogP contribution in [0, 0.1) is 0 Å². The van der Waals surface area contributed by atoms with E-state index < -0.39 is 27.2 Å². The zero-order valence-corrected chi connectivity index (χ0v) is 15.2. The summed E-state index contributed by atoms with van der Waals surface area (Å²) in [6.45, 7) is 0.0814. The van der Waals surface area contributed by atoms with Crippen LogP contribution < -0.4 is 5.32 Å². The number of carbonyl (C=O) groups excluding carboxylic acids is 1. The highest BCUT2D eigenvalue weighted by atomic mass is 33.1. The monoisotopic (exact) mass is 395 g/mol. The molecule has 2 aromatic carbocycles. The number of benzene rings is 2. The van der Waals surface area contributed by atoms with E-state index in [0.717, 1.165) is 22.3 Å². The molecule has 2 aromatic rings. The van der Waals surface area contributed by atoms with Crippen molar-refractivity contribution in [2.45, 2.75) is 12.1 Å². The first-order valence-electron chi connectivity index (χ1n) is 7.76. The maximum atomic E-state index is 11.8. The Labute approximate surface area is 154 Å². The summed E-state index contributed by atoms with van der Waals surface area (Å²) in [6.07, 6.45) is -2.33. The molecule has 0 spiro atoms. The number of aliphatic hydroxyl groups excluding tert-OH is 1. The van der Waals surface area contributed by atoms with Gasteiger partial charge in [0.25, 0.3) is 0 Å². The Kier molecular flexibility index (Phi) is 5.52. The highest BCUT2D eigenvalue weighted by molar-refractivity contribution is 8.69. The van der Waals surface area contributed by atoms with Gasteiger partial charge in [-0.3, -0.25) is 9.87 Å². The molecule has 138 valence electrons. The van der Waals surface area contributed by atoms with Crippen LogP contribution in [-0.2, 0) is 13.9 Å². The van der Waals surface area contributed by atoms with E-state index in [-0.39, 0.29) is 23.3 Å². The third-order valence-corrected chi connectivity index (χ3v) is 6.05. The summed E-state index contributed by atoms with van der Waals surface area (Å²) in [5.74, 6) is -0.527. The van der Waals surface area contributed by atoms with Crippen LogP contribution in [0.4, 0.5) is 4.79 Å². The van der Waals surface area contributed by atoms with Crippen molar-refractivity contribution in [2.75, 3.05) is 12.4 Å². The van der Waals surface area contributed by atoms with Gasteiger partial charge in [-0.1, -0.05) is 48.5 Å². The smallest absolute Gasteiger partial charge is 0.409 e. The first-order chi connectivity index (χ1) is 12.3. The lowest BCUT2D eigenvalue weighted by Gasteiger charge is -2.16. The van der Waals surface area contributed by atoms with E-state index in [1.165, 1.54) is 0 Å². The number of hydrogen-bond acceptors (Lipinski definition) is 6. The van der Waals surface area contributed by atoms with Crippen molar-refractivity contribution < 1.29 is 27.6 Å². The molecular formula is C17H17NO6S2. The first kappa shape index (κ1) is 18.7. The fourth-order valence-electron chi connectivity index (χ4n) is 2.97.